The van der Waals surface area contributed by atoms with E-state index >= 15 is 0 Å². The summed E-state index contributed by atoms with van der Waals surface area (Å²) >= 11 is 0. The summed E-state index contributed by atoms with van der Waals surface area (Å²) in [7, 11) is 1.69. The highest BCUT2D eigenvalue weighted by molar-refractivity contribution is 5.81. The van der Waals surface area contributed by atoms with Crippen molar-refractivity contribution >= 4 is 17.3 Å². The third-order valence-electron chi connectivity index (χ3n) is 4.67. The monoisotopic (exact) mass is 369 g/mol. The Morgan fingerprint density at radius 1 is 1.04 bits per heavy atom. The summed E-state index contributed by atoms with van der Waals surface area (Å²) in [5.74, 6) is 1.82. The van der Waals surface area contributed by atoms with Crippen molar-refractivity contribution in [3.05, 3.63) is 48.5 Å². The maximum Gasteiger partial charge on any atom is 0.241 e. The number of hydrogen-bond donors (Lipinski definition) is 1. The van der Waals surface area contributed by atoms with Gasteiger partial charge >= 0.3 is 0 Å². The summed E-state index contributed by atoms with van der Waals surface area (Å²) in [6, 6.07) is 15.7. The van der Waals surface area contributed by atoms with Gasteiger partial charge in [-0.1, -0.05) is 12.1 Å². The van der Waals surface area contributed by atoms with Gasteiger partial charge in [-0.3, -0.25) is 4.79 Å². The van der Waals surface area contributed by atoms with Crippen LogP contribution in [-0.2, 0) is 4.79 Å². The minimum absolute atomic E-state index is 0.114. The number of nitrogens with zero attached hydrogens (tertiary/aromatic N) is 2. The Balaban J connectivity index is 1.48. The van der Waals surface area contributed by atoms with Crippen LogP contribution < -0.4 is 19.7 Å². The molecule has 1 aliphatic heterocycles. The minimum Gasteiger partial charge on any atom is -0.495 e. The third kappa shape index (κ3) is 4.84. The second-order valence-corrected chi connectivity index (χ2v) is 6.35. The van der Waals surface area contributed by atoms with Crippen LogP contribution in [0.15, 0.2) is 48.5 Å². The molecule has 0 aliphatic carbocycles. The van der Waals surface area contributed by atoms with E-state index in [2.05, 4.69) is 16.3 Å². The molecule has 0 unspecified atom stereocenters. The first-order valence-electron chi connectivity index (χ1n) is 9.33. The van der Waals surface area contributed by atoms with E-state index in [0.29, 0.717) is 26.2 Å². The molecule has 6 nitrogen and oxygen atoms in total. The lowest BCUT2D eigenvalue weighted by Crippen LogP contribution is -2.50. The highest BCUT2D eigenvalue weighted by Gasteiger charge is 2.22. The number of carbonyl (C=O) groups excluding carboxylic acids is 1. The molecule has 0 saturated carbocycles. The van der Waals surface area contributed by atoms with E-state index in [4.69, 9.17) is 9.47 Å². The Morgan fingerprint density at radius 3 is 2.41 bits per heavy atom. The first-order chi connectivity index (χ1) is 13.2. The first-order valence-corrected chi connectivity index (χ1v) is 9.33. The van der Waals surface area contributed by atoms with Crippen molar-refractivity contribution in [3.8, 4) is 11.5 Å². The summed E-state index contributed by atoms with van der Waals surface area (Å²) in [5, 5.41) is 3.19. The lowest BCUT2D eigenvalue weighted by atomic mass is 10.2. The second-order valence-electron chi connectivity index (χ2n) is 6.35. The molecule has 144 valence electrons. The molecule has 1 saturated heterocycles. The Hall–Kier alpha value is -2.89. The van der Waals surface area contributed by atoms with Gasteiger partial charge in [-0.2, -0.15) is 0 Å². The molecule has 2 aromatic rings. The fraction of sp³-hybridized carbons (Fsp3) is 0.381. The van der Waals surface area contributed by atoms with E-state index in [9.17, 15) is 4.79 Å². The summed E-state index contributed by atoms with van der Waals surface area (Å²) in [4.78, 5) is 16.7. The van der Waals surface area contributed by atoms with E-state index in [1.54, 1.807) is 7.11 Å². The second kappa shape index (κ2) is 9.16. The first kappa shape index (κ1) is 18.9. The van der Waals surface area contributed by atoms with E-state index in [1.165, 1.54) is 0 Å². The maximum absolute atomic E-state index is 12.5. The van der Waals surface area contributed by atoms with Gasteiger partial charge < -0.3 is 24.6 Å². The molecule has 27 heavy (non-hydrogen) atoms. The molecule has 0 radical (unpaired) electrons. The van der Waals surface area contributed by atoms with E-state index < -0.39 is 0 Å². The molecule has 6 heteroatoms. The zero-order valence-corrected chi connectivity index (χ0v) is 16.0. The molecular formula is C21H27N3O3. The molecule has 1 N–H and O–H groups in total. The number of rotatable bonds is 7. The van der Waals surface area contributed by atoms with Crippen LogP contribution in [0.5, 0.6) is 11.5 Å². The Morgan fingerprint density at radius 2 is 1.74 bits per heavy atom. The number of anilines is 2. The largest absolute Gasteiger partial charge is 0.495 e. The summed E-state index contributed by atoms with van der Waals surface area (Å²) in [6.45, 7) is 5.92. The zero-order valence-electron chi connectivity index (χ0n) is 16.0. The smallest absolute Gasteiger partial charge is 0.241 e. The van der Waals surface area contributed by atoms with Crippen LogP contribution in [0.3, 0.4) is 0 Å². The molecule has 1 fully saturated rings. The van der Waals surface area contributed by atoms with Crippen molar-refractivity contribution in [1.82, 2.24) is 4.90 Å². The van der Waals surface area contributed by atoms with Gasteiger partial charge in [0.05, 0.1) is 25.9 Å². The minimum atomic E-state index is 0.114. The van der Waals surface area contributed by atoms with E-state index in [-0.39, 0.29) is 5.91 Å². The fourth-order valence-electron chi connectivity index (χ4n) is 3.21. The number of ether oxygens (including phenoxy) is 2. The quantitative estimate of drug-likeness (QED) is 0.813. The van der Waals surface area contributed by atoms with Gasteiger partial charge in [0.1, 0.15) is 11.5 Å². The van der Waals surface area contributed by atoms with Crippen LogP contribution in [0, 0.1) is 0 Å². The van der Waals surface area contributed by atoms with E-state index in [0.717, 1.165) is 36.0 Å². The molecule has 1 amide bonds. The van der Waals surface area contributed by atoms with Crippen LogP contribution >= 0.6 is 0 Å². The number of benzene rings is 2. The van der Waals surface area contributed by atoms with Crippen molar-refractivity contribution in [2.24, 2.45) is 0 Å². The van der Waals surface area contributed by atoms with Gasteiger partial charge in [0.2, 0.25) is 5.91 Å². The number of amides is 1. The molecular weight excluding hydrogens is 342 g/mol. The highest BCUT2D eigenvalue weighted by Crippen LogP contribution is 2.28. The van der Waals surface area contributed by atoms with Gasteiger partial charge in [-0.15, -0.1) is 0 Å². The lowest BCUT2D eigenvalue weighted by molar-refractivity contribution is -0.129. The Bertz CT molecular complexity index is 741. The van der Waals surface area contributed by atoms with Crippen molar-refractivity contribution in [3.63, 3.8) is 0 Å². The maximum atomic E-state index is 12.5. The lowest BCUT2D eigenvalue weighted by Gasteiger charge is -2.36. The summed E-state index contributed by atoms with van der Waals surface area (Å²) in [6.07, 6.45) is 0. The Kier molecular flexibility index (Phi) is 6.41. The van der Waals surface area contributed by atoms with Gasteiger partial charge in [0, 0.05) is 31.9 Å². The molecule has 1 heterocycles. The molecule has 3 rings (SSSR count). The van der Waals surface area contributed by atoms with Crippen LogP contribution in [0.2, 0.25) is 0 Å². The zero-order chi connectivity index (χ0) is 19.1. The average molecular weight is 369 g/mol. The number of carbonyl (C=O) groups is 1. The highest BCUT2D eigenvalue weighted by atomic mass is 16.5. The summed E-state index contributed by atoms with van der Waals surface area (Å²) in [5.41, 5.74) is 2.00. The van der Waals surface area contributed by atoms with Crippen molar-refractivity contribution in [1.29, 1.82) is 0 Å². The van der Waals surface area contributed by atoms with Gasteiger partial charge in [0.25, 0.3) is 0 Å². The standard InChI is InChI=1S/C21H27N3O3/c1-3-27-18-10-8-17(9-11-18)22-16-21(25)24-14-12-23(13-15-24)19-6-4-5-7-20(19)26-2/h4-11,22H,3,12-16H2,1-2H3. The number of piperazine rings is 1. The van der Waals surface area contributed by atoms with Crippen LogP contribution in [0.1, 0.15) is 6.92 Å². The topological polar surface area (TPSA) is 54.0 Å². The summed E-state index contributed by atoms with van der Waals surface area (Å²) < 4.78 is 10.9. The Labute approximate surface area is 160 Å². The van der Waals surface area contributed by atoms with Crippen molar-refractivity contribution in [2.75, 3.05) is 56.7 Å². The molecule has 0 spiro atoms. The van der Waals surface area contributed by atoms with Crippen molar-refractivity contribution < 1.29 is 14.3 Å². The molecule has 0 aromatic heterocycles. The number of methoxy groups -OCH3 is 1. The number of nitrogens with one attached hydrogen (secondary N) is 1. The normalized spacial score (nSPS) is 14.0. The molecule has 1 aliphatic rings. The third-order valence-corrected chi connectivity index (χ3v) is 4.67. The van der Waals surface area contributed by atoms with Gasteiger partial charge in [-0.05, 0) is 43.3 Å². The van der Waals surface area contributed by atoms with Crippen LogP contribution in [0.25, 0.3) is 0 Å². The predicted molar refractivity (Wildman–Crippen MR) is 108 cm³/mol. The fourth-order valence-corrected chi connectivity index (χ4v) is 3.21. The molecule has 0 bridgehead atoms. The van der Waals surface area contributed by atoms with E-state index in [1.807, 2.05) is 54.3 Å². The van der Waals surface area contributed by atoms with Crippen LogP contribution in [0.4, 0.5) is 11.4 Å². The van der Waals surface area contributed by atoms with Crippen molar-refractivity contribution in [2.45, 2.75) is 6.92 Å². The predicted octanol–water partition coefficient (Wildman–Crippen LogP) is 2.85. The van der Waals surface area contributed by atoms with Crippen LogP contribution in [-0.4, -0.2) is 57.2 Å². The van der Waals surface area contributed by atoms with Gasteiger partial charge in [0.15, 0.2) is 0 Å². The number of para-hydroxylation sites is 2. The molecule has 0 atom stereocenters. The SMILES string of the molecule is CCOc1ccc(NCC(=O)N2CCN(c3ccccc3OC)CC2)cc1. The average Bonchev–Trinajstić information content (AvgIpc) is 2.73. The number of hydrogen-bond acceptors (Lipinski definition) is 5. The molecule has 2 aromatic carbocycles. The van der Waals surface area contributed by atoms with Gasteiger partial charge in [-0.25, -0.2) is 0 Å².